The Hall–Kier alpha value is -1.06. The van der Waals surface area contributed by atoms with Gasteiger partial charge >= 0.3 is 0 Å². The van der Waals surface area contributed by atoms with Gasteiger partial charge in [-0.15, -0.1) is 0 Å². The van der Waals surface area contributed by atoms with Crippen LogP contribution in [0.1, 0.15) is 32.8 Å². The molecular formula is C18H29NO2. The molecule has 3 nitrogen and oxygen atoms in total. The quantitative estimate of drug-likeness (QED) is 0.709. The lowest BCUT2D eigenvalue weighted by Crippen LogP contribution is -2.30. The van der Waals surface area contributed by atoms with E-state index in [0.717, 1.165) is 38.0 Å². The highest BCUT2D eigenvalue weighted by Crippen LogP contribution is 2.53. The van der Waals surface area contributed by atoms with Crippen LogP contribution in [-0.4, -0.2) is 33.4 Å². The van der Waals surface area contributed by atoms with Crippen LogP contribution in [0, 0.1) is 11.8 Å². The van der Waals surface area contributed by atoms with Gasteiger partial charge in [0.05, 0.1) is 13.2 Å². The minimum Gasteiger partial charge on any atom is -0.493 e. The molecule has 1 N–H and O–H groups in total. The van der Waals surface area contributed by atoms with Crippen LogP contribution >= 0.6 is 0 Å². The van der Waals surface area contributed by atoms with Crippen molar-refractivity contribution in [1.82, 2.24) is 5.32 Å². The summed E-state index contributed by atoms with van der Waals surface area (Å²) in [5.74, 6) is 2.28. The van der Waals surface area contributed by atoms with Crippen LogP contribution in [-0.2, 0) is 10.2 Å². The molecule has 0 aliphatic heterocycles. The van der Waals surface area contributed by atoms with Crippen LogP contribution in [0.4, 0.5) is 0 Å². The van der Waals surface area contributed by atoms with Crippen molar-refractivity contribution in [2.75, 3.05) is 33.4 Å². The lowest BCUT2D eigenvalue weighted by molar-refractivity contribution is 0.198. The summed E-state index contributed by atoms with van der Waals surface area (Å²) in [6.07, 6.45) is 1.26. The Morgan fingerprint density at radius 1 is 1.29 bits per heavy atom. The van der Waals surface area contributed by atoms with Gasteiger partial charge in [-0.2, -0.15) is 0 Å². The first-order valence-corrected chi connectivity index (χ1v) is 8.01. The molecule has 0 saturated heterocycles. The Morgan fingerprint density at radius 3 is 2.48 bits per heavy atom. The van der Waals surface area contributed by atoms with Crippen LogP contribution in [0.15, 0.2) is 24.3 Å². The highest BCUT2D eigenvalue weighted by atomic mass is 16.5. The summed E-state index contributed by atoms with van der Waals surface area (Å²) in [5, 5.41) is 3.52. The SMILES string of the molecule is COCCNCC1(c2ccc(OCC(C)C)cc2)CC1C. The van der Waals surface area contributed by atoms with Gasteiger partial charge in [0, 0.05) is 25.6 Å². The van der Waals surface area contributed by atoms with Gasteiger partial charge < -0.3 is 14.8 Å². The summed E-state index contributed by atoms with van der Waals surface area (Å²) in [6, 6.07) is 8.69. The fourth-order valence-electron chi connectivity index (χ4n) is 2.87. The predicted molar refractivity (Wildman–Crippen MR) is 87.0 cm³/mol. The van der Waals surface area contributed by atoms with Crippen molar-refractivity contribution in [3.63, 3.8) is 0 Å². The van der Waals surface area contributed by atoms with E-state index in [9.17, 15) is 0 Å². The maximum atomic E-state index is 5.76. The smallest absolute Gasteiger partial charge is 0.119 e. The number of nitrogens with one attached hydrogen (secondary N) is 1. The molecule has 0 amide bonds. The van der Waals surface area contributed by atoms with Crippen molar-refractivity contribution >= 4 is 0 Å². The zero-order valence-corrected chi connectivity index (χ0v) is 13.8. The Bertz CT molecular complexity index is 429. The first kappa shape index (κ1) is 16.3. The number of rotatable bonds is 9. The monoisotopic (exact) mass is 291 g/mol. The average molecular weight is 291 g/mol. The lowest BCUT2D eigenvalue weighted by atomic mass is 9.93. The molecule has 3 heteroatoms. The summed E-state index contributed by atoms with van der Waals surface area (Å²) < 4.78 is 10.9. The Morgan fingerprint density at radius 2 is 1.95 bits per heavy atom. The molecule has 118 valence electrons. The third-order valence-electron chi connectivity index (χ3n) is 4.39. The molecular weight excluding hydrogens is 262 g/mol. The van der Waals surface area contributed by atoms with E-state index < -0.39 is 0 Å². The topological polar surface area (TPSA) is 30.5 Å². The van der Waals surface area contributed by atoms with Crippen LogP contribution in [0.25, 0.3) is 0 Å². The van der Waals surface area contributed by atoms with E-state index in [1.54, 1.807) is 7.11 Å². The van der Waals surface area contributed by atoms with Crippen LogP contribution in [0.3, 0.4) is 0 Å². The molecule has 1 saturated carbocycles. The molecule has 1 fully saturated rings. The highest BCUT2D eigenvalue weighted by Gasteiger charge is 2.51. The molecule has 0 heterocycles. The molecule has 1 aliphatic rings. The molecule has 21 heavy (non-hydrogen) atoms. The van der Waals surface area contributed by atoms with E-state index in [4.69, 9.17) is 9.47 Å². The second-order valence-corrected chi connectivity index (χ2v) is 6.66. The number of methoxy groups -OCH3 is 1. The molecule has 0 spiro atoms. The molecule has 0 bridgehead atoms. The number of benzene rings is 1. The normalized spacial score (nSPS) is 24.3. The summed E-state index contributed by atoms with van der Waals surface area (Å²) in [4.78, 5) is 0. The van der Waals surface area contributed by atoms with Gasteiger partial charge in [-0.3, -0.25) is 0 Å². The maximum absolute atomic E-state index is 5.76. The van der Waals surface area contributed by atoms with Gasteiger partial charge in [-0.25, -0.2) is 0 Å². The fourth-order valence-corrected chi connectivity index (χ4v) is 2.87. The van der Waals surface area contributed by atoms with Crippen molar-refractivity contribution in [1.29, 1.82) is 0 Å². The maximum Gasteiger partial charge on any atom is 0.119 e. The van der Waals surface area contributed by atoms with Gasteiger partial charge in [0.15, 0.2) is 0 Å². The van der Waals surface area contributed by atoms with E-state index in [2.05, 4.69) is 50.4 Å². The Kier molecular flexibility index (Phi) is 5.65. The van der Waals surface area contributed by atoms with Gasteiger partial charge in [0.2, 0.25) is 0 Å². The molecule has 0 aromatic heterocycles. The summed E-state index contributed by atoms with van der Waals surface area (Å²) in [5.41, 5.74) is 1.74. The standard InChI is InChI=1S/C18H29NO2/c1-14(2)12-21-17-7-5-16(6-8-17)18(11-15(18)3)13-19-9-10-20-4/h5-8,14-15,19H,9-13H2,1-4H3. The lowest BCUT2D eigenvalue weighted by Gasteiger charge is -2.19. The third kappa shape index (κ3) is 4.21. The molecule has 1 aromatic rings. The van der Waals surface area contributed by atoms with Gasteiger partial charge in [0.25, 0.3) is 0 Å². The minimum absolute atomic E-state index is 0.310. The van der Waals surface area contributed by atoms with E-state index in [-0.39, 0.29) is 0 Å². The number of hydrogen-bond donors (Lipinski definition) is 1. The second kappa shape index (κ2) is 7.28. The molecule has 1 aromatic carbocycles. The van der Waals surface area contributed by atoms with Crippen LogP contribution in [0.2, 0.25) is 0 Å². The largest absolute Gasteiger partial charge is 0.493 e. The zero-order chi connectivity index (χ0) is 15.3. The fraction of sp³-hybridized carbons (Fsp3) is 0.667. The highest BCUT2D eigenvalue weighted by molar-refractivity contribution is 5.38. The Balaban J connectivity index is 1.93. The van der Waals surface area contributed by atoms with Crippen molar-refractivity contribution in [3.8, 4) is 5.75 Å². The van der Waals surface area contributed by atoms with Crippen molar-refractivity contribution in [2.45, 2.75) is 32.6 Å². The van der Waals surface area contributed by atoms with Gasteiger partial charge in [0.1, 0.15) is 5.75 Å². The van der Waals surface area contributed by atoms with E-state index in [1.165, 1.54) is 12.0 Å². The van der Waals surface area contributed by atoms with Crippen LogP contribution in [0.5, 0.6) is 5.75 Å². The number of ether oxygens (including phenoxy) is 2. The third-order valence-corrected chi connectivity index (χ3v) is 4.39. The molecule has 2 rings (SSSR count). The second-order valence-electron chi connectivity index (χ2n) is 6.66. The van der Waals surface area contributed by atoms with Crippen molar-refractivity contribution in [2.24, 2.45) is 11.8 Å². The van der Waals surface area contributed by atoms with E-state index in [0.29, 0.717) is 11.3 Å². The average Bonchev–Trinajstić information content (AvgIpc) is 3.13. The first-order chi connectivity index (χ1) is 10.1. The predicted octanol–water partition coefficient (Wildman–Crippen LogP) is 3.24. The summed E-state index contributed by atoms with van der Waals surface area (Å²) in [6.45, 7) is 10.2. The minimum atomic E-state index is 0.310. The van der Waals surface area contributed by atoms with E-state index >= 15 is 0 Å². The molecule has 1 aliphatic carbocycles. The summed E-state index contributed by atoms with van der Waals surface area (Å²) in [7, 11) is 1.74. The van der Waals surface area contributed by atoms with Crippen LogP contribution < -0.4 is 10.1 Å². The molecule has 0 radical (unpaired) electrons. The Labute approximate surface area is 129 Å². The first-order valence-electron chi connectivity index (χ1n) is 8.01. The summed E-state index contributed by atoms with van der Waals surface area (Å²) >= 11 is 0. The molecule has 2 unspecified atom stereocenters. The van der Waals surface area contributed by atoms with Crippen molar-refractivity contribution < 1.29 is 9.47 Å². The van der Waals surface area contributed by atoms with E-state index in [1.807, 2.05) is 0 Å². The van der Waals surface area contributed by atoms with Gasteiger partial charge in [-0.1, -0.05) is 32.9 Å². The molecule has 2 atom stereocenters. The zero-order valence-electron chi connectivity index (χ0n) is 13.8. The van der Waals surface area contributed by atoms with Gasteiger partial charge in [-0.05, 0) is 36.0 Å². The number of hydrogen-bond acceptors (Lipinski definition) is 3. The van der Waals surface area contributed by atoms with Crippen molar-refractivity contribution in [3.05, 3.63) is 29.8 Å².